The van der Waals surface area contributed by atoms with Crippen LogP contribution in [0.2, 0.25) is 10.0 Å². The average Bonchev–Trinajstić information content (AvgIpc) is 3.32. The van der Waals surface area contributed by atoms with Gasteiger partial charge < -0.3 is 10.6 Å². The second kappa shape index (κ2) is 12.7. The van der Waals surface area contributed by atoms with Crippen molar-refractivity contribution in [3.63, 3.8) is 0 Å². The van der Waals surface area contributed by atoms with Crippen LogP contribution in [0.15, 0.2) is 108 Å². The number of nitrogens with zero attached hydrogens (tertiary/aromatic N) is 1. The normalized spacial score (nSPS) is 11.6. The lowest BCUT2D eigenvalue weighted by molar-refractivity contribution is -0.115. The highest BCUT2D eigenvalue weighted by molar-refractivity contribution is 8.00. The Hall–Kier alpha value is -3.62. The number of rotatable bonds is 8. The summed E-state index contributed by atoms with van der Waals surface area (Å²) < 4.78 is 0. The number of carbonyl (C=O) groups is 2. The van der Waals surface area contributed by atoms with E-state index in [1.54, 1.807) is 18.2 Å². The molecule has 0 radical (unpaired) electrons. The molecule has 1 heterocycles. The fraction of sp³-hybridized carbons (Fsp3) is 0.0645. The van der Waals surface area contributed by atoms with Crippen LogP contribution in [0.3, 0.4) is 0 Å². The Morgan fingerprint density at radius 3 is 2.30 bits per heavy atom. The third-order valence-corrected chi connectivity index (χ3v) is 8.62. The van der Waals surface area contributed by atoms with Gasteiger partial charge in [-0.1, -0.05) is 89.9 Å². The molecule has 0 bridgehead atoms. The van der Waals surface area contributed by atoms with Gasteiger partial charge in [-0.2, -0.15) is 0 Å². The molecule has 1 atom stereocenters. The maximum Gasteiger partial charge on any atom is 0.257 e. The molecule has 0 aliphatic rings. The number of aromatic nitrogens is 1. The van der Waals surface area contributed by atoms with E-state index in [0.29, 0.717) is 21.4 Å². The molecular formula is C31H23Cl2N3O2S2. The number of halogens is 2. The van der Waals surface area contributed by atoms with Crippen molar-refractivity contribution in [1.82, 2.24) is 4.98 Å². The first-order valence-corrected chi connectivity index (χ1v) is 14.7. The molecule has 0 saturated carbocycles. The van der Waals surface area contributed by atoms with Crippen LogP contribution >= 0.6 is 46.3 Å². The zero-order chi connectivity index (χ0) is 28.1. The minimum absolute atomic E-state index is 0.188. The molecule has 1 aromatic heterocycles. The van der Waals surface area contributed by atoms with Crippen molar-refractivity contribution in [2.24, 2.45) is 0 Å². The topological polar surface area (TPSA) is 71.1 Å². The van der Waals surface area contributed by atoms with E-state index in [-0.39, 0.29) is 16.8 Å². The first kappa shape index (κ1) is 27.9. The number of hydrogen-bond acceptors (Lipinski definition) is 5. The third kappa shape index (κ3) is 6.74. The monoisotopic (exact) mass is 603 g/mol. The number of carbonyl (C=O) groups excluding carboxylic acids is 2. The number of nitrogens with one attached hydrogen (secondary N) is 2. The summed E-state index contributed by atoms with van der Waals surface area (Å²) in [4.78, 5) is 33.0. The predicted molar refractivity (Wildman–Crippen MR) is 167 cm³/mol. The van der Waals surface area contributed by atoms with Crippen molar-refractivity contribution in [2.45, 2.75) is 17.1 Å². The Bertz CT molecular complexity index is 1660. The third-order valence-electron chi connectivity index (χ3n) is 5.94. The van der Waals surface area contributed by atoms with Crippen LogP contribution in [-0.4, -0.2) is 16.8 Å². The fourth-order valence-electron chi connectivity index (χ4n) is 4.04. The number of hydrogen-bond donors (Lipinski definition) is 2. The molecule has 2 N–H and O–H groups in total. The molecular weight excluding hydrogens is 581 g/mol. The standard InChI is InChI=1S/C31H23Cl2N3O2S2/c1-19-27(20-9-4-2-5-10-20)35-31(39-19)36-30(38)28(21-11-6-3-7-12-21)40-24-14-8-13-23(18-24)34-29(37)25-16-15-22(32)17-26(25)33/h2-18,28H,1H3,(H,34,37)(H,35,36,38). The van der Waals surface area contributed by atoms with E-state index >= 15 is 0 Å². The molecule has 5 nitrogen and oxygen atoms in total. The molecule has 1 unspecified atom stereocenters. The number of anilines is 2. The summed E-state index contributed by atoms with van der Waals surface area (Å²) in [5.74, 6) is -0.540. The maximum atomic E-state index is 13.6. The van der Waals surface area contributed by atoms with E-state index in [0.717, 1.165) is 26.6 Å². The first-order valence-electron chi connectivity index (χ1n) is 12.3. The van der Waals surface area contributed by atoms with Gasteiger partial charge in [-0.15, -0.1) is 23.1 Å². The van der Waals surface area contributed by atoms with Crippen molar-refractivity contribution in [2.75, 3.05) is 10.6 Å². The first-order chi connectivity index (χ1) is 19.4. The molecule has 40 heavy (non-hydrogen) atoms. The Morgan fingerprint density at radius 1 is 0.850 bits per heavy atom. The summed E-state index contributed by atoms with van der Waals surface area (Å²) in [6, 6.07) is 31.6. The molecule has 9 heteroatoms. The van der Waals surface area contributed by atoms with Crippen LogP contribution < -0.4 is 10.6 Å². The second-order valence-electron chi connectivity index (χ2n) is 8.79. The lowest BCUT2D eigenvalue weighted by atomic mass is 10.1. The van der Waals surface area contributed by atoms with Crippen LogP contribution in [0.4, 0.5) is 10.8 Å². The van der Waals surface area contributed by atoms with Crippen molar-refractivity contribution in [3.8, 4) is 11.3 Å². The molecule has 0 aliphatic carbocycles. The maximum absolute atomic E-state index is 13.6. The highest BCUT2D eigenvalue weighted by Crippen LogP contribution is 2.38. The lowest BCUT2D eigenvalue weighted by Crippen LogP contribution is -2.19. The number of thiazole rings is 1. The van der Waals surface area contributed by atoms with E-state index in [1.807, 2.05) is 85.8 Å². The Labute approximate surface area is 250 Å². The van der Waals surface area contributed by atoms with Gasteiger partial charge in [0.25, 0.3) is 5.91 Å². The average molecular weight is 605 g/mol. The summed E-state index contributed by atoms with van der Waals surface area (Å²) in [7, 11) is 0. The van der Waals surface area contributed by atoms with Crippen LogP contribution in [-0.2, 0) is 4.79 Å². The van der Waals surface area contributed by atoms with E-state index in [4.69, 9.17) is 28.2 Å². The molecule has 5 aromatic rings. The van der Waals surface area contributed by atoms with Crippen molar-refractivity contribution < 1.29 is 9.59 Å². The summed E-state index contributed by atoms with van der Waals surface area (Å²) in [5.41, 5.74) is 3.61. The number of amides is 2. The van der Waals surface area contributed by atoms with Gasteiger partial charge in [0.2, 0.25) is 5.91 Å². The zero-order valence-electron chi connectivity index (χ0n) is 21.2. The molecule has 0 spiro atoms. The number of thioether (sulfide) groups is 1. The van der Waals surface area contributed by atoms with Crippen LogP contribution in [0.1, 0.15) is 26.0 Å². The molecule has 0 aliphatic heterocycles. The van der Waals surface area contributed by atoms with Gasteiger partial charge in [0.15, 0.2) is 5.13 Å². The Balaban J connectivity index is 1.36. The van der Waals surface area contributed by atoms with E-state index < -0.39 is 5.25 Å². The second-order valence-corrected chi connectivity index (χ2v) is 12.0. The van der Waals surface area contributed by atoms with E-state index in [9.17, 15) is 9.59 Å². The molecule has 200 valence electrons. The van der Waals surface area contributed by atoms with Crippen molar-refractivity contribution in [1.29, 1.82) is 0 Å². The molecule has 0 saturated heterocycles. The summed E-state index contributed by atoms with van der Waals surface area (Å²) in [5, 5.41) is 6.61. The molecule has 4 aromatic carbocycles. The summed E-state index contributed by atoms with van der Waals surface area (Å²) in [6.07, 6.45) is 0. The Morgan fingerprint density at radius 2 is 1.57 bits per heavy atom. The Kier molecular flexibility index (Phi) is 8.87. The SMILES string of the molecule is Cc1sc(NC(=O)C(Sc2cccc(NC(=O)c3ccc(Cl)cc3Cl)c2)c2ccccc2)nc1-c1ccccc1. The van der Waals surface area contributed by atoms with Crippen molar-refractivity contribution in [3.05, 3.63) is 129 Å². The largest absolute Gasteiger partial charge is 0.322 e. The van der Waals surface area contributed by atoms with Gasteiger partial charge >= 0.3 is 0 Å². The van der Waals surface area contributed by atoms with Crippen molar-refractivity contribution >= 4 is 68.9 Å². The fourth-order valence-corrected chi connectivity index (χ4v) is 6.46. The van der Waals surface area contributed by atoms with Crippen LogP contribution in [0.25, 0.3) is 11.3 Å². The van der Waals surface area contributed by atoms with Crippen LogP contribution in [0.5, 0.6) is 0 Å². The smallest absolute Gasteiger partial charge is 0.257 e. The molecule has 5 rings (SSSR count). The van der Waals surface area contributed by atoms with E-state index in [2.05, 4.69) is 10.6 Å². The number of benzene rings is 4. The highest BCUT2D eigenvalue weighted by Gasteiger charge is 2.24. The molecule has 2 amide bonds. The quantitative estimate of drug-likeness (QED) is 0.173. The van der Waals surface area contributed by atoms with Gasteiger partial charge in [0.05, 0.1) is 16.3 Å². The minimum atomic E-state index is -0.553. The molecule has 0 fully saturated rings. The summed E-state index contributed by atoms with van der Waals surface area (Å²) >= 11 is 15.0. The number of aryl methyl sites for hydroxylation is 1. The lowest BCUT2D eigenvalue weighted by Gasteiger charge is -2.17. The van der Waals surface area contributed by atoms with E-state index in [1.165, 1.54) is 29.2 Å². The van der Waals surface area contributed by atoms with Crippen LogP contribution in [0, 0.1) is 6.92 Å². The minimum Gasteiger partial charge on any atom is -0.322 e. The van der Waals surface area contributed by atoms with Gasteiger partial charge in [0, 0.05) is 26.0 Å². The summed E-state index contributed by atoms with van der Waals surface area (Å²) in [6.45, 7) is 2.00. The predicted octanol–water partition coefficient (Wildman–Crippen LogP) is 9.15. The van der Waals surface area contributed by atoms with Gasteiger partial charge in [-0.05, 0) is 48.9 Å². The zero-order valence-corrected chi connectivity index (χ0v) is 24.4. The van der Waals surface area contributed by atoms with Gasteiger partial charge in [0.1, 0.15) is 5.25 Å². The van der Waals surface area contributed by atoms with Gasteiger partial charge in [-0.25, -0.2) is 4.98 Å². The van der Waals surface area contributed by atoms with Gasteiger partial charge in [-0.3, -0.25) is 9.59 Å². The highest BCUT2D eigenvalue weighted by atomic mass is 35.5.